The Bertz CT molecular complexity index is 1050. The molecule has 0 aliphatic carbocycles. The molecule has 0 aliphatic rings. The van der Waals surface area contributed by atoms with Gasteiger partial charge in [-0.1, -0.05) is 42.5 Å². The van der Waals surface area contributed by atoms with Gasteiger partial charge >= 0.3 is 0 Å². The van der Waals surface area contributed by atoms with E-state index < -0.39 is 0 Å². The summed E-state index contributed by atoms with van der Waals surface area (Å²) in [6.07, 6.45) is 0. The van der Waals surface area contributed by atoms with Gasteiger partial charge in [0.15, 0.2) is 10.6 Å². The number of benzene rings is 3. The van der Waals surface area contributed by atoms with E-state index in [1.165, 1.54) is 0 Å². The lowest BCUT2D eigenvalue weighted by atomic mass is 10.1. The van der Waals surface area contributed by atoms with Gasteiger partial charge in [0, 0.05) is 5.69 Å². The summed E-state index contributed by atoms with van der Waals surface area (Å²) >= 11 is 5.36. The fourth-order valence-corrected chi connectivity index (χ4v) is 2.94. The van der Waals surface area contributed by atoms with Gasteiger partial charge in [-0.2, -0.15) is 5.10 Å². The number of nitrogens with zero attached hydrogens (tertiary/aromatic N) is 2. The molecule has 0 bridgehead atoms. The van der Waals surface area contributed by atoms with Gasteiger partial charge in [-0.25, -0.2) is 0 Å². The van der Waals surface area contributed by atoms with Crippen molar-refractivity contribution in [3.8, 4) is 22.8 Å². The van der Waals surface area contributed by atoms with E-state index in [1.807, 2.05) is 65.2 Å². The molecule has 1 aromatic heterocycles. The Hall–Kier alpha value is -2.92. The highest BCUT2D eigenvalue weighted by Crippen LogP contribution is 2.33. The minimum Gasteiger partial charge on any atom is -0.507 e. The van der Waals surface area contributed by atoms with Crippen LogP contribution in [-0.4, -0.2) is 19.9 Å². The third-order valence-corrected chi connectivity index (χ3v) is 4.07. The van der Waals surface area contributed by atoms with Crippen LogP contribution in [-0.2, 0) is 0 Å². The van der Waals surface area contributed by atoms with Gasteiger partial charge < -0.3 is 5.11 Å². The first kappa shape index (κ1) is 13.7. The molecular weight excluding hydrogens is 306 g/mol. The van der Waals surface area contributed by atoms with Gasteiger partial charge in [-0.15, -0.1) is 0 Å². The topological polar surface area (TPSA) is 53.8 Å². The second kappa shape index (κ2) is 5.37. The number of phenolic OH excluding ortho intramolecular Hbond substituents is 1. The second-order valence-electron chi connectivity index (χ2n) is 5.24. The highest BCUT2D eigenvalue weighted by Gasteiger charge is 2.15. The summed E-state index contributed by atoms with van der Waals surface area (Å²) in [4.78, 5) is 0. The average molecular weight is 319 g/mol. The monoisotopic (exact) mass is 319 g/mol. The predicted octanol–water partition coefficient (Wildman–Crippen LogP) is 4.46. The summed E-state index contributed by atoms with van der Waals surface area (Å²) in [5.41, 5.74) is 1.54. The van der Waals surface area contributed by atoms with Crippen LogP contribution in [0.3, 0.4) is 0 Å². The molecule has 5 heteroatoms. The van der Waals surface area contributed by atoms with Crippen molar-refractivity contribution in [3.05, 3.63) is 71.5 Å². The number of aromatic nitrogens is 3. The van der Waals surface area contributed by atoms with Gasteiger partial charge in [0.1, 0.15) is 5.75 Å². The quantitative estimate of drug-likeness (QED) is 0.537. The number of aromatic hydroxyl groups is 1. The number of rotatable bonds is 2. The Kier molecular flexibility index (Phi) is 3.20. The maximum Gasteiger partial charge on any atom is 0.200 e. The maximum absolute atomic E-state index is 10.4. The first-order valence-corrected chi connectivity index (χ1v) is 7.60. The number of nitrogens with one attached hydrogen (secondary N) is 1. The van der Waals surface area contributed by atoms with Crippen LogP contribution in [0.25, 0.3) is 27.8 Å². The summed E-state index contributed by atoms with van der Waals surface area (Å²) in [6, 6.07) is 21.3. The van der Waals surface area contributed by atoms with E-state index in [2.05, 4.69) is 10.2 Å². The number of H-pyrrole nitrogens is 1. The molecule has 0 amide bonds. The SMILES string of the molecule is Oc1cc2ccccc2cc1-c1n[nH]c(=S)n1-c1ccccc1. The van der Waals surface area contributed by atoms with E-state index in [9.17, 15) is 5.11 Å². The second-order valence-corrected chi connectivity index (χ2v) is 5.63. The Morgan fingerprint density at radius 3 is 2.30 bits per heavy atom. The van der Waals surface area contributed by atoms with Crippen LogP contribution in [0.4, 0.5) is 0 Å². The zero-order valence-corrected chi connectivity index (χ0v) is 12.9. The molecule has 0 spiro atoms. The number of aromatic amines is 1. The smallest absolute Gasteiger partial charge is 0.200 e. The number of hydrogen-bond donors (Lipinski definition) is 2. The maximum atomic E-state index is 10.4. The molecule has 0 atom stereocenters. The lowest BCUT2D eigenvalue weighted by Gasteiger charge is -2.09. The van der Waals surface area contributed by atoms with E-state index >= 15 is 0 Å². The molecule has 0 radical (unpaired) electrons. The summed E-state index contributed by atoms with van der Waals surface area (Å²) in [5, 5.41) is 19.6. The van der Waals surface area contributed by atoms with Crippen molar-refractivity contribution in [3.63, 3.8) is 0 Å². The molecule has 0 aliphatic heterocycles. The fourth-order valence-electron chi connectivity index (χ4n) is 2.70. The van der Waals surface area contributed by atoms with Gasteiger partial charge in [0.25, 0.3) is 0 Å². The molecule has 2 N–H and O–H groups in total. The average Bonchev–Trinajstić information content (AvgIpc) is 2.96. The number of phenols is 1. The molecule has 0 saturated heterocycles. The van der Waals surface area contributed by atoms with Crippen molar-refractivity contribution in [2.75, 3.05) is 0 Å². The largest absolute Gasteiger partial charge is 0.507 e. The Balaban J connectivity index is 1.99. The Morgan fingerprint density at radius 2 is 1.57 bits per heavy atom. The van der Waals surface area contributed by atoms with Crippen molar-refractivity contribution < 1.29 is 5.11 Å². The lowest BCUT2D eigenvalue weighted by Crippen LogP contribution is -1.97. The van der Waals surface area contributed by atoms with Crippen LogP contribution in [0.2, 0.25) is 0 Å². The van der Waals surface area contributed by atoms with Crippen LogP contribution in [0, 0.1) is 4.77 Å². The standard InChI is InChI=1S/C18H13N3OS/c22-16-11-13-7-5-4-6-12(13)10-15(16)17-19-20-18(23)21(17)14-8-2-1-3-9-14/h1-11,22H,(H,20,23). The third kappa shape index (κ3) is 2.31. The molecule has 0 fully saturated rings. The van der Waals surface area contributed by atoms with Crippen LogP contribution >= 0.6 is 12.2 Å². The van der Waals surface area contributed by atoms with Gasteiger partial charge in [-0.3, -0.25) is 9.67 Å². The van der Waals surface area contributed by atoms with E-state index in [0.29, 0.717) is 16.2 Å². The van der Waals surface area contributed by atoms with E-state index in [0.717, 1.165) is 16.5 Å². The zero-order chi connectivity index (χ0) is 15.8. The van der Waals surface area contributed by atoms with Crippen LogP contribution in [0.15, 0.2) is 66.7 Å². The number of para-hydroxylation sites is 1. The molecule has 4 rings (SSSR count). The van der Waals surface area contributed by atoms with E-state index in [-0.39, 0.29) is 5.75 Å². The first-order chi connectivity index (χ1) is 11.2. The van der Waals surface area contributed by atoms with Crippen LogP contribution in [0.5, 0.6) is 5.75 Å². The Morgan fingerprint density at radius 1 is 0.913 bits per heavy atom. The normalized spacial score (nSPS) is 11.0. The van der Waals surface area contributed by atoms with Crippen molar-refractivity contribution in [1.82, 2.24) is 14.8 Å². The Labute approximate surface area is 137 Å². The summed E-state index contributed by atoms with van der Waals surface area (Å²) in [7, 11) is 0. The molecule has 112 valence electrons. The zero-order valence-electron chi connectivity index (χ0n) is 12.1. The van der Waals surface area contributed by atoms with Crippen molar-refractivity contribution in [2.24, 2.45) is 0 Å². The highest BCUT2D eigenvalue weighted by molar-refractivity contribution is 7.71. The fraction of sp³-hybridized carbons (Fsp3) is 0. The van der Waals surface area contributed by atoms with Crippen LogP contribution in [0.1, 0.15) is 0 Å². The van der Waals surface area contributed by atoms with Crippen LogP contribution < -0.4 is 0 Å². The van der Waals surface area contributed by atoms with E-state index in [4.69, 9.17) is 12.2 Å². The molecule has 4 aromatic rings. The number of fused-ring (bicyclic) bond motifs is 1. The molecule has 0 unspecified atom stereocenters. The van der Waals surface area contributed by atoms with Gasteiger partial charge in [0.05, 0.1) is 5.56 Å². The third-order valence-electron chi connectivity index (χ3n) is 3.79. The van der Waals surface area contributed by atoms with Crippen molar-refractivity contribution >= 4 is 23.0 Å². The summed E-state index contributed by atoms with van der Waals surface area (Å²) < 4.78 is 2.30. The lowest BCUT2D eigenvalue weighted by molar-refractivity contribution is 0.477. The van der Waals surface area contributed by atoms with Crippen molar-refractivity contribution in [1.29, 1.82) is 0 Å². The van der Waals surface area contributed by atoms with Crippen molar-refractivity contribution in [2.45, 2.75) is 0 Å². The summed E-state index contributed by atoms with van der Waals surface area (Å²) in [6.45, 7) is 0. The molecule has 1 heterocycles. The first-order valence-electron chi connectivity index (χ1n) is 7.19. The molecular formula is C18H13N3OS. The van der Waals surface area contributed by atoms with E-state index in [1.54, 1.807) is 6.07 Å². The van der Waals surface area contributed by atoms with Gasteiger partial charge in [0.2, 0.25) is 0 Å². The summed E-state index contributed by atoms with van der Waals surface area (Å²) in [5.74, 6) is 0.763. The minimum atomic E-state index is 0.176. The molecule has 4 nitrogen and oxygen atoms in total. The molecule has 0 saturated carbocycles. The molecule has 23 heavy (non-hydrogen) atoms. The molecule has 3 aromatic carbocycles. The predicted molar refractivity (Wildman–Crippen MR) is 93.4 cm³/mol. The van der Waals surface area contributed by atoms with Gasteiger partial charge in [-0.05, 0) is 47.3 Å². The highest BCUT2D eigenvalue weighted by atomic mass is 32.1. The minimum absolute atomic E-state index is 0.176. The number of hydrogen-bond acceptors (Lipinski definition) is 3.